The minimum Gasteiger partial charge on any atom is -0.366 e. The first-order valence-electron chi connectivity index (χ1n) is 6.14. The average molecular weight is 269 g/mol. The highest BCUT2D eigenvalue weighted by molar-refractivity contribution is 6.81. The van der Waals surface area contributed by atoms with Gasteiger partial charge in [0.05, 0.1) is 8.07 Å². The second-order valence-corrected chi connectivity index (χ2v) is 10.4. The summed E-state index contributed by atoms with van der Waals surface area (Å²) in [7, 11) is -1.32. The maximum absolute atomic E-state index is 11.0. The Morgan fingerprint density at radius 3 is 2.37 bits per heavy atom. The Labute approximate surface area is 116 Å². The Morgan fingerprint density at radius 1 is 1.21 bits per heavy atom. The fraction of sp³-hybridized carbons (Fsp3) is 0.188. The second-order valence-electron chi connectivity index (χ2n) is 5.32. The van der Waals surface area contributed by atoms with Crippen LogP contribution in [0.25, 0.3) is 0 Å². The summed E-state index contributed by atoms with van der Waals surface area (Å²) in [6.07, 6.45) is 3.26. The lowest BCUT2D eigenvalue weighted by atomic mass is 10.2. The fourth-order valence-electron chi connectivity index (χ4n) is 1.28. The Bertz CT molecular complexity index is 554. The molecule has 1 amide bonds. The SMILES string of the molecule is C[Si](C)(C)/C=C/C(C#Cc1ccccc1)=C/C(N)=O. The molecule has 0 fully saturated rings. The van der Waals surface area contributed by atoms with Gasteiger partial charge in [-0.1, -0.05) is 61.5 Å². The number of carbonyl (C=O) groups is 1. The van der Waals surface area contributed by atoms with Crippen molar-refractivity contribution < 1.29 is 4.79 Å². The van der Waals surface area contributed by atoms with Crippen molar-refractivity contribution in [2.75, 3.05) is 0 Å². The standard InChI is InChI=1S/C16H19NOSi/c1-19(2,3)12-11-15(13-16(17)18)10-9-14-7-5-4-6-8-14/h4-8,11-13H,1-3H3,(H2,17,18)/b12-11+,15-13+. The summed E-state index contributed by atoms with van der Waals surface area (Å²) in [4.78, 5) is 11.0. The molecule has 0 unspecified atom stereocenters. The molecule has 0 bridgehead atoms. The summed E-state index contributed by atoms with van der Waals surface area (Å²) in [5, 5.41) is 0. The van der Waals surface area contributed by atoms with Crippen molar-refractivity contribution in [3.05, 3.63) is 59.3 Å². The topological polar surface area (TPSA) is 43.1 Å². The van der Waals surface area contributed by atoms with Gasteiger partial charge in [-0.25, -0.2) is 0 Å². The van der Waals surface area contributed by atoms with E-state index in [4.69, 9.17) is 5.73 Å². The minimum absolute atomic E-state index is 0.474. The van der Waals surface area contributed by atoms with E-state index >= 15 is 0 Å². The normalized spacial score (nSPS) is 12.1. The Balaban J connectivity index is 2.98. The molecule has 0 heterocycles. The summed E-state index contributed by atoms with van der Waals surface area (Å²) >= 11 is 0. The summed E-state index contributed by atoms with van der Waals surface area (Å²) in [6.45, 7) is 6.65. The van der Waals surface area contributed by atoms with E-state index in [9.17, 15) is 4.79 Å². The number of benzene rings is 1. The van der Waals surface area contributed by atoms with Crippen LogP contribution in [-0.4, -0.2) is 14.0 Å². The molecule has 1 aromatic rings. The molecule has 0 aliphatic carbocycles. The predicted octanol–water partition coefficient (Wildman–Crippen LogP) is 2.88. The molecule has 0 radical (unpaired) electrons. The summed E-state index contributed by atoms with van der Waals surface area (Å²) in [5.41, 5.74) is 8.90. The lowest BCUT2D eigenvalue weighted by molar-refractivity contribution is -0.113. The third-order valence-electron chi connectivity index (χ3n) is 2.19. The zero-order chi connectivity index (χ0) is 14.3. The molecule has 1 aromatic carbocycles. The highest BCUT2D eigenvalue weighted by atomic mass is 28.3. The van der Waals surface area contributed by atoms with E-state index in [1.165, 1.54) is 6.08 Å². The molecule has 98 valence electrons. The third kappa shape index (κ3) is 7.07. The molecule has 0 aliphatic rings. The first-order chi connectivity index (χ1) is 8.87. The Kier molecular flexibility index (Phi) is 5.34. The van der Waals surface area contributed by atoms with Crippen LogP contribution in [0.4, 0.5) is 0 Å². The maximum Gasteiger partial charge on any atom is 0.242 e. The van der Waals surface area contributed by atoms with Gasteiger partial charge in [0, 0.05) is 17.2 Å². The van der Waals surface area contributed by atoms with Crippen LogP contribution in [0.1, 0.15) is 5.56 Å². The average Bonchev–Trinajstić information content (AvgIpc) is 2.32. The Hall–Kier alpha value is -2.05. The van der Waals surface area contributed by atoms with Crippen LogP contribution < -0.4 is 5.73 Å². The van der Waals surface area contributed by atoms with Gasteiger partial charge in [0.1, 0.15) is 0 Å². The van der Waals surface area contributed by atoms with Gasteiger partial charge in [-0.3, -0.25) is 4.79 Å². The van der Waals surface area contributed by atoms with E-state index in [0.717, 1.165) is 5.56 Å². The maximum atomic E-state index is 11.0. The number of allylic oxidation sites excluding steroid dienone is 2. The fourth-order valence-corrected chi connectivity index (χ4v) is 1.96. The van der Waals surface area contributed by atoms with Gasteiger partial charge in [-0.15, -0.1) is 0 Å². The largest absolute Gasteiger partial charge is 0.366 e. The molecule has 0 atom stereocenters. The lowest BCUT2D eigenvalue weighted by Gasteiger charge is -2.07. The van der Waals surface area contributed by atoms with Crippen molar-refractivity contribution in [3.8, 4) is 11.8 Å². The van der Waals surface area contributed by atoms with E-state index in [2.05, 4.69) is 37.2 Å². The molecule has 0 aliphatic heterocycles. The molecule has 3 heteroatoms. The van der Waals surface area contributed by atoms with Crippen molar-refractivity contribution in [1.82, 2.24) is 0 Å². The highest BCUT2D eigenvalue weighted by Crippen LogP contribution is 2.06. The molecule has 0 saturated heterocycles. The molecule has 0 aromatic heterocycles. The number of primary amides is 1. The zero-order valence-electron chi connectivity index (χ0n) is 11.6. The van der Waals surface area contributed by atoms with Crippen LogP contribution in [0, 0.1) is 11.8 Å². The van der Waals surface area contributed by atoms with Gasteiger partial charge < -0.3 is 5.73 Å². The highest BCUT2D eigenvalue weighted by Gasteiger charge is 2.06. The Morgan fingerprint density at radius 2 is 1.84 bits per heavy atom. The number of hydrogen-bond donors (Lipinski definition) is 1. The van der Waals surface area contributed by atoms with Crippen LogP contribution in [-0.2, 0) is 4.79 Å². The molecule has 2 nitrogen and oxygen atoms in total. The van der Waals surface area contributed by atoms with Crippen molar-refractivity contribution in [2.24, 2.45) is 5.73 Å². The van der Waals surface area contributed by atoms with Crippen molar-refractivity contribution >= 4 is 14.0 Å². The minimum atomic E-state index is -1.32. The lowest BCUT2D eigenvalue weighted by Crippen LogP contribution is -2.15. The molecule has 1 rings (SSSR count). The third-order valence-corrected chi connectivity index (χ3v) is 3.35. The van der Waals surface area contributed by atoms with E-state index in [1.807, 2.05) is 36.4 Å². The second kappa shape index (κ2) is 6.77. The molecular formula is C16H19NOSi. The number of amides is 1. The number of rotatable bonds is 3. The smallest absolute Gasteiger partial charge is 0.242 e. The quantitative estimate of drug-likeness (QED) is 0.390. The summed E-state index contributed by atoms with van der Waals surface area (Å²) < 4.78 is 0. The van der Waals surface area contributed by atoms with Crippen molar-refractivity contribution in [2.45, 2.75) is 19.6 Å². The van der Waals surface area contributed by atoms with Gasteiger partial charge in [0.25, 0.3) is 0 Å². The molecule has 2 N–H and O–H groups in total. The monoisotopic (exact) mass is 269 g/mol. The molecule has 19 heavy (non-hydrogen) atoms. The van der Waals surface area contributed by atoms with Crippen LogP contribution in [0.3, 0.4) is 0 Å². The summed E-state index contributed by atoms with van der Waals surface area (Å²) in [5.74, 6) is 5.54. The van der Waals surface area contributed by atoms with Crippen LogP contribution >= 0.6 is 0 Å². The zero-order valence-corrected chi connectivity index (χ0v) is 12.6. The van der Waals surface area contributed by atoms with E-state index in [1.54, 1.807) is 0 Å². The first kappa shape index (κ1) is 15.0. The van der Waals surface area contributed by atoms with Crippen molar-refractivity contribution in [3.63, 3.8) is 0 Å². The van der Waals surface area contributed by atoms with Gasteiger partial charge in [-0.05, 0) is 12.1 Å². The van der Waals surface area contributed by atoms with Gasteiger partial charge >= 0.3 is 0 Å². The van der Waals surface area contributed by atoms with Crippen LogP contribution in [0.5, 0.6) is 0 Å². The number of nitrogens with two attached hydrogens (primary N) is 1. The number of hydrogen-bond acceptors (Lipinski definition) is 1. The van der Waals surface area contributed by atoms with E-state index in [0.29, 0.717) is 5.57 Å². The molecule has 0 spiro atoms. The first-order valence-corrected chi connectivity index (χ1v) is 9.72. The van der Waals surface area contributed by atoms with E-state index in [-0.39, 0.29) is 0 Å². The number of carbonyl (C=O) groups excluding carboxylic acids is 1. The van der Waals surface area contributed by atoms with Crippen molar-refractivity contribution in [1.29, 1.82) is 0 Å². The van der Waals surface area contributed by atoms with Gasteiger partial charge in [0.15, 0.2) is 0 Å². The molecular weight excluding hydrogens is 250 g/mol. The van der Waals surface area contributed by atoms with Gasteiger partial charge in [0.2, 0.25) is 5.91 Å². The van der Waals surface area contributed by atoms with E-state index < -0.39 is 14.0 Å². The summed E-state index contributed by atoms with van der Waals surface area (Å²) in [6, 6.07) is 9.66. The predicted molar refractivity (Wildman–Crippen MR) is 83.1 cm³/mol. The van der Waals surface area contributed by atoms with Crippen LogP contribution in [0.2, 0.25) is 19.6 Å². The van der Waals surface area contributed by atoms with Gasteiger partial charge in [-0.2, -0.15) is 0 Å². The molecule has 0 saturated carbocycles. The van der Waals surface area contributed by atoms with Crippen LogP contribution in [0.15, 0.2) is 53.8 Å².